The van der Waals surface area contributed by atoms with Gasteiger partial charge in [0.05, 0.1) is 5.56 Å². The first-order valence-electron chi connectivity index (χ1n) is 12.6. The fourth-order valence-corrected chi connectivity index (χ4v) is 4.38. The van der Waals surface area contributed by atoms with Crippen LogP contribution < -0.4 is 11.1 Å². The molecule has 10 heteroatoms. The van der Waals surface area contributed by atoms with E-state index in [2.05, 4.69) is 5.32 Å². The molecule has 4 aromatic rings. The average molecular weight is 561 g/mol. The molecule has 210 valence electrons. The van der Waals surface area contributed by atoms with Gasteiger partial charge >= 0.3 is 12.3 Å². The molecule has 5 N–H and O–H groups in total. The number of alkyl halides is 3. The maximum Gasteiger partial charge on any atom is 0.416 e. The van der Waals surface area contributed by atoms with Gasteiger partial charge < -0.3 is 21.1 Å². The number of hydrogen-bond donors (Lipinski definition) is 4. The molecule has 4 aromatic carbocycles. The number of amidine groups is 1. The van der Waals surface area contributed by atoms with E-state index in [-0.39, 0.29) is 11.7 Å². The van der Waals surface area contributed by atoms with Gasteiger partial charge in [-0.05, 0) is 59.0 Å². The quantitative estimate of drug-likeness (QED) is 0.165. The monoisotopic (exact) mass is 560 g/mol. The van der Waals surface area contributed by atoms with Crippen molar-refractivity contribution in [3.8, 4) is 11.1 Å². The molecular weight excluding hydrogens is 533 g/mol. The summed E-state index contributed by atoms with van der Waals surface area (Å²) >= 11 is 0. The third kappa shape index (κ3) is 7.30. The molecule has 0 bridgehead atoms. The molecule has 2 amide bonds. The predicted octanol–water partition coefficient (Wildman–Crippen LogP) is 6.63. The van der Waals surface area contributed by atoms with Crippen LogP contribution in [0.4, 0.5) is 23.7 Å². The molecule has 0 aromatic heterocycles. The van der Waals surface area contributed by atoms with Crippen LogP contribution in [0.3, 0.4) is 0 Å². The SMILES string of the molecule is N=C(N)c1ccccc1.O=C(Nc1ccc2c(c1)CCN(C(=O)O)C2)c1ccccc1-c1ccc(C(F)(F)F)cc1. The van der Waals surface area contributed by atoms with Gasteiger partial charge in [0.2, 0.25) is 0 Å². The number of rotatable bonds is 4. The van der Waals surface area contributed by atoms with Crippen molar-refractivity contribution in [1.29, 1.82) is 5.41 Å². The molecule has 0 aliphatic carbocycles. The number of carboxylic acid groups (broad SMARTS) is 1. The second kappa shape index (κ2) is 12.4. The Balaban J connectivity index is 0.000000367. The first-order valence-corrected chi connectivity index (χ1v) is 12.6. The molecule has 1 aliphatic rings. The number of anilines is 1. The molecular formula is C31H27F3N4O3. The molecule has 5 rings (SSSR count). The molecule has 41 heavy (non-hydrogen) atoms. The van der Waals surface area contributed by atoms with E-state index in [1.54, 1.807) is 36.4 Å². The zero-order chi connectivity index (χ0) is 29.6. The highest BCUT2D eigenvalue weighted by Gasteiger charge is 2.30. The van der Waals surface area contributed by atoms with Crippen molar-refractivity contribution in [3.63, 3.8) is 0 Å². The normalized spacial score (nSPS) is 12.4. The number of amides is 2. The van der Waals surface area contributed by atoms with Crippen LogP contribution in [0.5, 0.6) is 0 Å². The fraction of sp³-hybridized carbons (Fsp3) is 0.129. The van der Waals surface area contributed by atoms with Crippen LogP contribution in [0.25, 0.3) is 11.1 Å². The van der Waals surface area contributed by atoms with Crippen molar-refractivity contribution in [1.82, 2.24) is 4.90 Å². The van der Waals surface area contributed by atoms with Crippen LogP contribution in [0.2, 0.25) is 0 Å². The molecule has 0 unspecified atom stereocenters. The van der Waals surface area contributed by atoms with Gasteiger partial charge in [0.1, 0.15) is 5.84 Å². The zero-order valence-corrected chi connectivity index (χ0v) is 21.8. The first kappa shape index (κ1) is 28.9. The Morgan fingerprint density at radius 1 is 0.878 bits per heavy atom. The molecule has 1 aliphatic heterocycles. The first-order chi connectivity index (χ1) is 19.5. The van der Waals surface area contributed by atoms with Gasteiger partial charge in [0, 0.05) is 29.9 Å². The molecule has 0 saturated heterocycles. The number of nitrogens with two attached hydrogens (primary N) is 1. The van der Waals surface area contributed by atoms with Crippen molar-refractivity contribution in [3.05, 3.63) is 125 Å². The summed E-state index contributed by atoms with van der Waals surface area (Å²) in [7, 11) is 0. The lowest BCUT2D eigenvalue weighted by molar-refractivity contribution is -0.137. The van der Waals surface area contributed by atoms with Crippen LogP contribution in [-0.2, 0) is 19.1 Å². The van der Waals surface area contributed by atoms with Crippen LogP contribution in [0, 0.1) is 5.41 Å². The standard InChI is InChI=1S/C24H19F3N2O3.C7H8N2/c25-24(26,27)18-8-5-15(6-9-18)20-3-1-2-4-21(20)22(30)28-19-10-7-17-14-29(23(31)32)12-11-16(17)13-19;8-7(9)6-4-2-1-3-5-6/h1-10,13H,11-12,14H2,(H,28,30)(H,31,32);1-5H,(H3,8,9). The van der Waals surface area contributed by atoms with E-state index in [4.69, 9.17) is 16.2 Å². The minimum absolute atomic E-state index is 0.121. The lowest BCUT2D eigenvalue weighted by atomic mass is 9.97. The van der Waals surface area contributed by atoms with E-state index in [0.717, 1.165) is 28.8 Å². The minimum Gasteiger partial charge on any atom is -0.465 e. The van der Waals surface area contributed by atoms with E-state index in [1.807, 2.05) is 36.4 Å². The smallest absolute Gasteiger partial charge is 0.416 e. The number of carbonyl (C=O) groups is 2. The number of carbonyl (C=O) groups excluding carboxylic acids is 1. The summed E-state index contributed by atoms with van der Waals surface area (Å²) in [4.78, 5) is 25.5. The van der Waals surface area contributed by atoms with Crippen LogP contribution in [0.1, 0.15) is 32.6 Å². The van der Waals surface area contributed by atoms with Gasteiger partial charge in [-0.2, -0.15) is 13.2 Å². The van der Waals surface area contributed by atoms with Crippen molar-refractivity contribution in [2.24, 2.45) is 5.73 Å². The Bertz CT molecular complexity index is 1560. The van der Waals surface area contributed by atoms with E-state index >= 15 is 0 Å². The van der Waals surface area contributed by atoms with Gasteiger partial charge in [0.25, 0.3) is 5.91 Å². The number of nitrogens with one attached hydrogen (secondary N) is 2. The van der Waals surface area contributed by atoms with Gasteiger partial charge in [-0.3, -0.25) is 10.2 Å². The topological polar surface area (TPSA) is 120 Å². The number of hydrogen-bond acceptors (Lipinski definition) is 3. The Hall–Kier alpha value is -5.12. The number of nitrogen functional groups attached to an aromatic ring is 1. The molecule has 1 heterocycles. The van der Waals surface area contributed by atoms with Crippen molar-refractivity contribution in [2.75, 3.05) is 11.9 Å². The van der Waals surface area contributed by atoms with E-state index in [9.17, 15) is 22.8 Å². The highest BCUT2D eigenvalue weighted by molar-refractivity contribution is 6.08. The van der Waals surface area contributed by atoms with Gasteiger partial charge in [-0.1, -0.05) is 66.7 Å². The van der Waals surface area contributed by atoms with Crippen LogP contribution >= 0.6 is 0 Å². The summed E-state index contributed by atoms with van der Waals surface area (Å²) in [6.07, 6.45) is -4.84. The average Bonchev–Trinajstić information content (AvgIpc) is 2.97. The van der Waals surface area contributed by atoms with Crippen molar-refractivity contribution in [2.45, 2.75) is 19.1 Å². The number of fused-ring (bicyclic) bond motifs is 1. The third-order valence-corrected chi connectivity index (χ3v) is 6.53. The number of benzene rings is 4. The molecule has 0 saturated carbocycles. The van der Waals surface area contributed by atoms with Crippen LogP contribution in [0.15, 0.2) is 97.1 Å². The van der Waals surface area contributed by atoms with E-state index in [1.165, 1.54) is 17.0 Å². The lowest BCUT2D eigenvalue weighted by Crippen LogP contribution is -2.34. The van der Waals surface area contributed by atoms with E-state index in [0.29, 0.717) is 41.9 Å². The summed E-state index contributed by atoms with van der Waals surface area (Å²) in [5, 5.41) is 19.0. The molecule has 0 fully saturated rings. The molecule has 0 radical (unpaired) electrons. The summed E-state index contributed by atoms with van der Waals surface area (Å²) in [6, 6.07) is 26.0. The lowest BCUT2D eigenvalue weighted by Gasteiger charge is -2.26. The third-order valence-electron chi connectivity index (χ3n) is 6.53. The van der Waals surface area contributed by atoms with Gasteiger partial charge in [-0.25, -0.2) is 4.79 Å². The maximum absolute atomic E-state index is 13.0. The Morgan fingerprint density at radius 3 is 2.15 bits per heavy atom. The summed E-state index contributed by atoms with van der Waals surface area (Å²) in [6.45, 7) is 0.687. The largest absolute Gasteiger partial charge is 0.465 e. The highest BCUT2D eigenvalue weighted by atomic mass is 19.4. The summed E-state index contributed by atoms with van der Waals surface area (Å²) in [5.41, 5.74) is 9.01. The van der Waals surface area contributed by atoms with Gasteiger partial charge in [0.15, 0.2) is 0 Å². The fourth-order valence-electron chi connectivity index (χ4n) is 4.38. The maximum atomic E-state index is 13.0. The predicted molar refractivity (Wildman–Crippen MR) is 151 cm³/mol. The summed E-state index contributed by atoms with van der Waals surface area (Å²) < 4.78 is 38.6. The van der Waals surface area contributed by atoms with Crippen molar-refractivity contribution < 1.29 is 27.9 Å². The number of halogens is 3. The molecule has 0 atom stereocenters. The Labute approximate surface area is 234 Å². The zero-order valence-electron chi connectivity index (χ0n) is 21.8. The highest BCUT2D eigenvalue weighted by Crippen LogP contribution is 2.32. The van der Waals surface area contributed by atoms with Gasteiger partial charge in [-0.15, -0.1) is 0 Å². The summed E-state index contributed by atoms with van der Waals surface area (Å²) in [5.74, 6) is -0.265. The second-order valence-electron chi connectivity index (χ2n) is 9.29. The molecule has 7 nitrogen and oxygen atoms in total. The molecule has 0 spiro atoms. The number of nitrogens with zero attached hydrogens (tertiary/aromatic N) is 1. The minimum atomic E-state index is -4.43. The van der Waals surface area contributed by atoms with Crippen LogP contribution in [-0.4, -0.2) is 34.4 Å². The Kier molecular flexibility index (Phi) is 8.72. The second-order valence-corrected chi connectivity index (χ2v) is 9.29. The van der Waals surface area contributed by atoms with E-state index < -0.39 is 17.8 Å². The van der Waals surface area contributed by atoms with Crippen molar-refractivity contribution >= 4 is 23.5 Å². The Morgan fingerprint density at radius 2 is 1.54 bits per heavy atom.